The van der Waals surface area contributed by atoms with Crippen molar-refractivity contribution < 1.29 is 31.9 Å². The van der Waals surface area contributed by atoms with E-state index in [0.717, 1.165) is 0 Å². The zero-order chi connectivity index (χ0) is 24.4. The second-order valence-corrected chi connectivity index (χ2v) is 10.6. The molecule has 182 valence electrons. The minimum absolute atomic E-state index is 0.0155. The van der Waals surface area contributed by atoms with Gasteiger partial charge in [0.1, 0.15) is 13.2 Å². The summed E-state index contributed by atoms with van der Waals surface area (Å²) in [4.78, 5) is 28.0. The summed E-state index contributed by atoms with van der Waals surface area (Å²) in [5.41, 5.74) is 0.895. The van der Waals surface area contributed by atoms with E-state index in [4.69, 9.17) is 13.9 Å². The molecule has 0 unspecified atom stereocenters. The molecule has 0 bridgehead atoms. The predicted molar refractivity (Wildman–Crippen MR) is 126 cm³/mol. The van der Waals surface area contributed by atoms with E-state index in [0.29, 0.717) is 61.8 Å². The molecule has 0 atom stereocenters. The molecule has 1 saturated heterocycles. The summed E-state index contributed by atoms with van der Waals surface area (Å²) in [6.07, 6.45) is 2.36. The number of fused-ring (bicyclic) bond motifs is 1. The molecule has 0 N–H and O–H groups in total. The van der Waals surface area contributed by atoms with E-state index in [1.807, 2.05) is 0 Å². The number of sulfone groups is 1. The van der Waals surface area contributed by atoms with Crippen molar-refractivity contribution in [3.8, 4) is 11.5 Å². The van der Waals surface area contributed by atoms with Crippen molar-refractivity contribution in [2.75, 3.05) is 26.3 Å². The normalized spacial score (nSPS) is 16.2. The first-order valence-corrected chi connectivity index (χ1v) is 13.1. The van der Waals surface area contributed by atoms with Gasteiger partial charge in [-0.05, 0) is 49.2 Å². The number of ether oxygens (including phenoxy) is 2. The second-order valence-electron chi connectivity index (χ2n) is 8.64. The highest BCUT2D eigenvalue weighted by molar-refractivity contribution is 7.90. The number of rotatable bonds is 6. The van der Waals surface area contributed by atoms with Gasteiger partial charge >= 0.3 is 0 Å². The minimum Gasteiger partial charge on any atom is -0.486 e. The Kier molecular flexibility index (Phi) is 6.34. The van der Waals surface area contributed by atoms with Gasteiger partial charge in [-0.1, -0.05) is 18.2 Å². The third-order valence-electron chi connectivity index (χ3n) is 6.37. The van der Waals surface area contributed by atoms with Gasteiger partial charge < -0.3 is 18.8 Å². The maximum Gasteiger partial charge on any atom is 0.289 e. The van der Waals surface area contributed by atoms with Gasteiger partial charge in [-0.15, -0.1) is 0 Å². The highest BCUT2D eigenvalue weighted by Gasteiger charge is 2.32. The minimum atomic E-state index is -3.62. The van der Waals surface area contributed by atoms with E-state index in [1.54, 1.807) is 41.3 Å². The van der Waals surface area contributed by atoms with Crippen LogP contribution < -0.4 is 9.47 Å². The Labute approximate surface area is 203 Å². The Morgan fingerprint density at radius 1 is 0.914 bits per heavy atom. The maximum absolute atomic E-state index is 13.1. The van der Waals surface area contributed by atoms with Crippen LogP contribution in [0.25, 0.3) is 0 Å². The van der Waals surface area contributed by atoms with Gasteiger partial charge in [0.15, 0.2) is 32.9 Å². The first-order valence-electron chi connectivity index (χ1n) is 11.5. The van der Waals surface area contributed by atoms with Crippen molar-refractivity contribution in [2.45, 2.75) is 23.5 Å². The summed E-state index contributed by atoms with van der Waals surface area (Å²) in [5, 5.41) is 0. The molecule has 1 aromatic heterocycles. The van der Waals surface area contributed by atoms with E-state index >= 15 is 0 Å². The molecular formula is C26H25NO7S. The lowest BCUT2D eigenvalue weighted by molar-refractivity contribution is 0.0623. The molecule has 0 radical (unpaired) electrons. The van der Waals surface area contributed by atoms with Gasteiger partial charge in [0.2, 0.25) is 0 Å². The van der Waals surface area contributed by atoms with Gasteiger partial charge in [0.25, 0.3) is 5.91 Å². The lowest BCUT2D eigenvalue weighted by Gasteiger charge is -2.31. The van der Waals surface area contributed by atoms with Gasteiger partial charge in [-0.3, -0.25) is 9.59 Å². The van der Waals surface area contributed by atoms with Gasteiger partial charge in [0.05, 0.1) is 16.9 Å². The third-order valence-corrected chi connectivity index (χ3v) is 8.05. The number of nitrogens with zero attached hydrogens (tertiary/aromatic N) is 1. The van der Waals surface area contributed by atoms with Crippen molar-refractivity contribution in [3.63, 3.8) is 0 Å². The van der Waals surface area contributed by atoms with Crippen LogP contribution in [-0.4, -0.2) is 51.3 Å². The Morgan fingerprint density at radius 3 is 2.37 bits per heavy atom. The van der Waals surface area contributed by atoms with E-state index < -0.39 is 9.84 Å². The molecular weight excluding hydrogens is 470 g/mol. The lowest BCUT2D eigenvalue weighted by Crippen LogP contribution is -2.40. The first kappa shape index (κ1) is 23.2. The molecule has 0 spiro atoms. The summed E-state index contributed by atoms with van der Waals surface area (Å²) < 4.78 is 42.1. The van der Waals surface area contributed by atoms with Crippen LogP contribution in [0.15, 0.2) is 70.2 Å². The average Bonchev–Trinajstić information content (AvgIpc) is 3.35. The van der Waals surface area contributed by atoms with Crippen LogP contribution in [0.1, 0.15) is 39.3 Å². The number of hydrogen-bond donors (Lipinski definition) is 0. The molecule has 1 fully saturated rings. The van der Waals surface area contributed by atoms with E-state index in [2.05, 4.69) is 0 Å². The first-order chi connectivity index (χ1) is 16.9. The van der Waals surface area contributed by atoms with Crippen molar-refractivity contribution >= 4 is 21.5 Å². The monoisotopic (exact) mass is 495 g/mol. The Bertz CT molecular complexity index is 1340. The summed E-state index contributed by atoms with van der Waals surface area (Å²) in [6, 6.07) is 14.9. The Balaban J connectivity index is 1.23. The van der Waals surface area contributed by atoms with Crippen LogP contribution >= 0.6 is 0 Å². The van der Waals surface area contributed by atoms with Gasteiger partial charge in [-0.25, -0.2) is 8.42 Å². The molecule has 2 aliphatic heterocycles. The number of likely N-dealkylation sites (tertiary alicyclic amines) is 1. The van der Waals surface area contributed by atoms with E-state index in [9.17, 15) is 18.0 Å². The fraction of sp³-hybridized carbons (Fsp3) is 0.308. The lowest BCUT2D eigenvalue weighted by atomic mass is 9.88. The Morgan fingerprint density at radius 2 is 1.63 bits per heavy atom. The summed E-state index contributed by atoms with van der Waals surface area (Å²) in [7, 11) is -3.62. The molecule has 35 heavy (non-hydrogen) atoms. The summed E-state index contributed by atoms with van der Waals surface area (Å²) in [5.74, 6) is 0.355. The Hall–Kier alpha value is -3.59. The molecule has 9 heteroatoms. The highest BCUT2D eigenvalue weighted by Crippen LogP contribution is 2.33. The number of benzene rings is 2. The SMILES string of the molecule is O=C(c1ccc2c(c1)OCCO2)C1CCN(C(=O)c2occc2CS(=O)(=O)c2ccccc2)CC1. The average molecular weight is 496 g/mol. The number of carbonyl (C=O) groups excluding carboxylic acids is 2. The number of furan rings is 1. The standard InChI is InChI=1S/C26H25NO7S/c28-24(19-6-7-22-23(16-19)33-15-14-32-22)18-8-11-27(12-9-18)26(29)25-20(10-13-34-25)17-35(30,31)21-4-2-1-3-5-21/h1-7,10,13,16,18H,8-9,11-12,14-15,17H2. The van der Waals surface area contributed by atoms with Crippen LogP contribution in [-0.2, 0) is 15.6 Å². The predicted octanol–water partition coefficient (Wildman–Crippen LogP) is 3.76. The van der Waals surface area contributed by atoms with E-state index in [-0.39, 0.29) is 34.0 Å². The van der Waals surface area contributed by atoms with Gasteiger partial charge in [0, 0.05) is 30.1 Å². The van der Waals surface area contributed by atoms with Crippen LogP contribution in [0.2, 0.25) is 0 Å². The number of carbonyl (C=O) groups is 2. The largest absolute Gasteiger partial charge is 0.486 e. The molecule has 2 aromatic carbocycles. The zero-order valence-corrected chi connectivity index (χ0v) is 19.8. The third kappa shape index (κ3) is 4.81. The number of amides is 1. The maximum atomic E-state index is 13.1. The van der Waals surface area contributed by atoms with Crippen LogP contribution in [0.4, 0.5) is 0 Å². The van der Waals surface area contributed by atoms with Crippen LogP contribution in [0.5, 0.6) is 11.5 Å². The fourth-order valence-electron chi connectivity index (χ4n) is 4.47. The fourth-order valence-corrected chi connectivity index (χ4v) is 5.85. The quantitative estimate of drug-likeness (QED) is 0.480. The highest BCUT2D eigenvalue weighted by atomic mass is 32.2. The van der Waals surface area contributed by atoms with Crippen molar-refractivity contribution in [3.05, 3.63) is 77.7 Å². The topological polar surface area (TPSA) is 103 Å². The van der Waals surface area contributed by atoms with Crippen LogP contribution in [0, 0.1) is 5.92 Å². The molecule has 3 aromatic rings. The summed E-state index contributed by atoms with van der Waals surface area (Å²) in [6.45, 7) is 1.70. The van der Waals surface area contributed by atoms with Crippen molar-refractivity contribution in [1.82, 2.24) is 4.90 Å². The summed E-state index contributed by atoms with van der Waals surface area (Å²) >= 11 is 0. The number of hydrogen-bond acceptors (Lipinski definition) is 7. The van der Waals surface area contributed by atoms with E-state index in [1.165, 1.54) is 24.5 Å². The molecule has 0 aliphatic carbocycles. The smallest absolute Gasteiger partial charge is 0.289 e. The van der Waals surface area contributed by atoms with Gasteiger partial charge in [-0.2, -0.15) is 0 Å². The molecule has 8 nitrogen and oxygen atoms in total. The molecule has 5 rings (SSSR count). The zero-order valence-electron chi connectivity index (χ0n) is 19.0. The number of piperidine rings is 1. The number of ketones is 1. The molecule has 2 aliphatic rings. The molecule has 3 heterocycles. The molecule has 1 amide bonds. The second kappa shape index (κ2) is 9.58. The van der Waals surface area contributed by atoms with Crippen molar-refractivity contribution in [2.24, 2.45) is 5.92 Å². The van der Waals surface area contributed by atoms with Crippen LogP contribution in [0.3, 0.4) is 0 Å². The van der Waals surface area contributed by atoms with Crippen molar-refractivity contribution in [1.29, 1.82) is 0 Å². The molecule has 0 saturated carbocycles. The number of Topliss-reactive ketones (excluding diaryl/α,β-unsaturated/α-hetero) is 1.